The summed E-state index contributed by atoms with van der Waals surface area (Å²) in [7, 11) is 0. The van der Waals surface area contributed by atoms with Crippen LogP contribution in [-0.4, -0.2) is 11.8 Å². The van der Waals surface area contributed by atoms with E-state index >= 15 is 0 Å². The van der Waals surface area contributed by atoms with Crippen molar-refractivity contribution in [3.63, 3.8) is 0 Å². The number of hydrazine groups is 1. The van der Waals surface area contributed by atoms with Gasteiger partial charge >= 0.3 is 5.91 Å². The second-order valence-corrected chi connectivity index (χ2v) is 5.94. The van der Waals surface area contributed by atoms with E-state index in [4.69, 9.17) is 16.0 Å². The van der Waals surface area contributed by atoms with Crippen molar-refractivity contribution in [2.24, 2.45) is 0 Å². The van der Waals surface area contributed by atoms with E-state index in [9.17, 15) is 14.0 Å². The number of rotatable bonds is 3. The first-order valence-electron chi connectivity index (χ1n) is 7.46. The maximum atomic E-state index is 12.8. The quantitative estimate of drug-likeness (QED) is 0.702. The molecule has 0 radical (unpaired) electrons. The number of amides is 2. The molecule has 0 unspecified atom stereocenters. The molecule has 2 amide bonds. The largest absolute Gasteiger partial charge is 0.451 e. The minimum absolute atomic E-state index is 0.00921. The van der Waals surface area contributed by atoms with E-state index in [2.05, 4.69) is 10.9 Å². The Bertz CT molecular complexity index is 951. The van der Waals surface area contributed by atoms with E-state index in [-0.39, 0.29) is 18.0 Å². The number of carbonyl (C=O) groups is 2. The van der Waals surface area contributed by atoms with Crippen LogP contribution < -0.4 is 10.9 Å². The van der Waals surface area contributed by atoms with E-state index in [0.29, 0.717) is 21.7 Å². The Morgan fingerprint density at radius 1 is 1.12 bits per heavy atom. The Morgan fingerprint density at radius 3 is 2.56 bits per heavy atom. The van der Waals surface area contributed by atoms with Crippen molar-refractivity contribution in [2.45, 2.75) is 13.3 Å². The number of hydrogen-bond acceptors (Lipinski definition) is 3. The van der Waals surface area contributed by atoms with E-state index in [1.807, 2.05) is 0 Å². The Balaban J connectivity index is 1.65. The molecule has 7 heteroatoms. The first-order valence-corrected chi connectivity index (χ1v) is 7.84. The molecule has 1 aromatic heterocycles. The molecule has 0 aliphatic carbocycles. The number of aryl methyl sites for hydroxylation is 1. The lowest BCUT2D eigenvalue weighted by Crippen LogP contribution is -2.42. The summed E-state index contributed by atoms with van der Waals surface area (Å²) < 4.78 is 18.4. The summed E-state index contributed by atoms with van der Waals surface area (Å²) in [4.78, 5) is 24.1. The zero-order valence-electron chi connectivity index (χ0n) is 13.2. The average Bonchev–Trinajstić information content (AvgIpc) is 2.91. The number of benzene rings is 2. The molecule has 0 atom stereocenters. The van der Waals surface area contributed by atoms with Crippen LogP contribution in [-0.2, 0) is 11.2 Å². The van der Waals surface area contributed by atoms with Crippen LogP contribution in [0.2, 0.25) is 5.02 Å². The van der Waals surface area contributed by atoms with E-state index in [0.717, 1.165) is 5.39 Å². The van der Waals surface area contributed by atoms with Crippen molar-refractivity contribution in [1.29, 1.82) is 0 Å². The van der Waals surface area contributed by atoms with Crippen molar-refractivity contribution < 1.29 is 18.4 Å². The van der Waals surface area contributed by atoms with Gasteiger partial charge in [0.25, 0.3) is 0 Å². The molecule has 3 aromatic rings. The fraction of sp³-hybridized carbons (Fsp3) is 0.111. The molecule has 0 bridgehead atoms. The minimum atomic E-state index is -0.572. The summed E-state index contributed by atoms with van der Waals surface area (Å²) in [5, 5.41) is 1.27. The number of halogens is 2. The maximum absolute atomic E-state index is 12.8. The van der Waals surface area contributed by atoms with Gasteiger partial charge in [0.15, 0.2) is 5.76 Å². The molecule has 2 N–H and O–H groups in total. The highest BCUT2D eigenvalue weighted by molar-refractivity contribution is 6.31. The fourth-order valence-corrected chi connectivity index (χ4v) is 2.60. The van der Waals surface area contributed by atoms with Crippen LogP contribution in [0.25, 0.3) is 11.0 Å². The molecule has 0 spiro atoms. The van der Waals surface area contributed by atoms with Crippen molar-refractivity contribution in [3.05, 3.63) is 70.2 Å². The van der Waals surface area contributed by atoms with Crippen LogP contribution in [0, 0.1) is 12.7 Å². The average molecular weight is 361 g/mol. The van der Waals surface area contributed by atoms with Gasteiger partial charge in [0.2, 0.25) is 5.91 Å². The maximum Gasteiger partial charge on any atom is 0.305 e. The smallest absolute Gasteiger partial charge is 0.305 e. The summed E-state index contributed by atoms with van der Waals surface area (Å²) in [6.45, 7) is 1.73. The second kappa shape index (κ2) is 6.94. The monoisotopic (exact) mass is 360 g/mol. The minimum Gasteiger partial charge on any atom is -0.451 e. The molecule has 0 fully saturated rings. The fourth-order valence-electron chi connectivity index (χ4n) is 2.42. The third kappa shape index (κ3) is 3.80. The molecule has 3 rings (SSSR count). The molecule has 0 saturated carbocycles. The van der Waals surface area contributed by atoms with Crippen molar-refractivity contribution in [3.8, 4) is 0 Å². The standard InChI is InChI=1S/C18H14ClFN2O3/c1-10-14-9-12(19)4-7-15(14)25-17(10)18(24)22-21-16(23)8-11-2-5-13(20)6-3-11/h2-7,9H,8H2,1H3,(H,21,23)(H,22,24). The zero-order chi connectivity index (χ0) is 18.0. The Morgan fingerprint density at radius 2 is 1.84 bits per heavy atom. The molecule has 128 valence electrons. The van der Waals surface area contributed by atoms with Crippen LogP contribution in [0.1, 0.15) is 21.7 Å². The lowest BCUT2D eigenvalue weighted by Gasteiger charge is -2.06. The molecule has 0 saturated heterocycles. The van der Waals surface area contributed by atoms with Crippen molar-refractivity contribution >= 4 is 34.4 Å². The van der Waals surface area contributed by atoms with Gasteiger partial charge in [-0.1, -0.05) is 23.7 Å². The lowest BCUT2D eigenvalue weighted by atomic mass is 10.1. The highest BCUT2D eigenvalue weighted by Gasteiger charge is 2.18. The van der Waals surface area contributed by atoms with Crippen LogP contribution in [0.5, 0.6) is 0 Å². The number of nitrogens with one attached hydrogen (secondary N) is 2. The third-order valence-electron chi connectivity index (χ3n) is 3.70. The predicted molar refractivity (Wildman–Crippen MR) is 91.7 cm³/mol. The van der Waals surface area contributed by atoms with E-state index < -0.39 is 11.8 Å². The molecule has 1 heterocycles. The zero-order valence-corrected chi connectivity index (χ0v) is 14.0. The number of furan rings is 1. The van der Waals surface area contributed by atoms with Gasteiger partial charge in [-0.2, -0.15) is 0 Å². The van der Waals surface area contributed by atoms with Gasteiger partial charge in [-0.05, 0) is 42.8 Å². The number of fused-ring (bicyclic) bond motifs is 1. The van der Waals surface area contributed by atoms with Gasteiger partial charge in [-0.3, -0.25) is 20.4 Å². The van der Waals surface area contributed by atoms with Gasteiger partial charge in [0, 0.05) is 16.0 Å². The van der Waals surface area contributed by atoms with E-state index in [1.165, 1.54) is 24.3 Å². The summed E-state index contributed by atoms with van der Waals surface area (Å²) >= 11 is 5.95. The summed E-state index contributed by atoms with van der Waals surface area (Å²) in [5.74, 6) is -1.29. The Kier molecular flexibility index (Phi) is 4.72. The first kappa shape index (κ1) is 17.0. The molecule has 2 aromatic carbocycles. The Labute approximate surface area is 147 Å². The number of carbonyl (C=O) groups excluding carboxylic acids is 2. The van der Waals surface area contributed by atoms with Crippen molar-refractivity contribution in [1.82, 2.24) is 10.9 Å². The molecule has 5 nitrogen and oxygen atoms in total. The molecule has 0 aliphatic heterocycles. The van der Waals surface area contributed by atoms with Gasteiger partial charge in [-0.15, -0.1) is 0 Å². The highest BCUT2D eigenvalue weighted by Crippen LogP contribution is 2.27. The predicted octanol–water partition coefficient (Wildman–Crippen LogP) is 3.54. The summed E-state index contributed by atoms with van der Waals surface area (Å²) in [6, 6.07) is 10.6. The number of hydrogen-bond donors (Lipinski definition) is 2. The van der Waals surface area contributed by atoms with Gasteiger partial charge in [0.1, 0.15) is 11.4 Å². The highest BCUT2D eigenvalue weighted by atomic mass is 35.5. The van der Waals surface area contributed by atoms with Gasteiger partial charge in [-0.25, -0.2) is 4.39 Å². The second-order valence-electron chi connectivity index (χ2n) is 5.50. The van der Waals surface area contributed by atoms with Crippen LogP contribution in [0.15, 0.2) is 46.9 Å². The third-order valence-corrected chi connectivity index (χ3v) is 3.93. The van der Waals surface area contributed by atoms with Gasteiger partial charge < -0.3 is 4.42 Å². The molecular formula is C18H14ClFN2O3. The van der Waals surface area contributed by atoms with Crippen LogP contribution in [0.4, 0.5) is 4.39 Å². The molecule has 0 aliphatic rings. The topological polar surface area (TPSA) is 71.3 Å². The SMILES string of the molecule is Cc1c(C(=O)NNC(=O)Cc2ccc(F)cc2)oc2ccc(Cl)cc12. The normalized spacial score (nSPS) is 10.7. The van der Waals surface area contributed by atoms with Crippen LogP contribution >= 0.6 is 11.6 Å². The lowest BCUT2D eigenvalue weighted by molar-refractivity contribution is -0.121. The summed E-state index contributed by atoms with van der Waals surface area (Å²) in [6.07, 6.45) is 0.00921. The van der Waals surface area contributed by atoms with E-state index in [1.54, 1.807) is 25.1 Å². The molecular weight excluding hydrogens is 347 g/mol. The van der Waals surface area contributed by atoms with Crippen molar-refractivity contribution in [2.75, 3.05) is 0 Å². The molecule has 25 heavy (non-hydrogen) atoms. The summed E-state index contributed by atoms with van der Waals surface area (Å²) in [5.41, 5.74) is 6.40. The first-order chi connectivity index (χ1) is 11.9. The Hall–Kier alpha value is -2.86. The van der Waals surface area contributed by atoms with Crippen LogP contribution in [0.3, 0.4) is 0 Å². The van der Waals surface area contributed by atoms with Gasteiger partial charge in [0.05, 0.1) is 6.42 Å².